The molecule has 2 heterocycles. The Balaban J connectivity index is 0.00000196. The van der Waals surface area contributed by atoms with Crippen molar-refractivity contribution < 1.29 is 14.3 Å². The summed E-state index contributed by atoms with van der Waals surface area (Å²) in [6, 6.07) is 8.09. The number of halogens is 2. The van der Waals surface area contributed by atoms with Crippen molar-refractivity contribution in [2.75, 3.05) is 37.6 Å². The number of nitrogens with one attached hydrogen (secondary N) is 1. The molecular formula is C19H30Cl2N4O3. The molecule has 2 fully saturated rings. The first-order valence-corrected chi connectivity index (χ1v) is 9.30. The summed E-state index contributed by atoms with van der Waals surface area (Å²) in [5.74, 6) is 0.0506. The van der Waals surface area contributed by atoms with Gasteiger partial charge in [0.15, 0.2) is 0 Å². The third-order valence-electron chi connectivity index (χ3n) is 5.17. The molecule has 2 saturated heterocycles. The highest BCUT2D eigenvalue weighted by Gasteiger charge is 2.29. The molecule has 2 aliphatic heterocycles. The molecule has 2 aliphatic rings. The smallest absolute Gasteiger partial charge is 0.249 e. The van der Waals surface area contributed by atoms with E-state index < -0.39 is 6.10 Å². The van der Waals surface area contributed by atoms with Crippen LogP contribution in [0.15, 0.2) is 24.3 Å². The fraction of sp³-hybridized carbons (Fsp3) is 0.579. The van der Waals surface area contributed by atoms with E-state index in [1.807, 2.05) is 23.1 Å². The van der Waals surface area contributed by atoms with Gasteiger partial charge in [-0.25, -0.2) is 0 Å². The van der Waals surface area contributed by atoms with Crippen molar-refractivity contribution >= 4 is 42.3 Å². The summed E-state index contributed by atoms with van der Waals surface area (Å²) in [4.78, 5) is 28.0. The maximum Gasteiger partial charge on any atom is 0.249 e. The fourth-order valence-electron chi connectivity index (χ4n) is 3.60. The summed E-state index contributed by atoms with van der Waals surface area (Å²) in [7, 11) is 0. The van der Waals surface area contributed by atoms with Crippen LogP contribution in [0.25, 0.3) is 0 Å². The van der Waals surface area contributed by atoms with Gasteiger partial charge in [0.2, 0.25) is 11.8 Å². The number of hydrogen-bond acceptors (Lipinski definition) is 5. The average Bonchev–Trinajstić information content (AvgIpc) is 3.16. The molecule has 1 aromatic carbocycles. The first kappa shape index (κ1) is 24.5. The predicted octanol–water partition coefficient (Wildman–Crippen LogP) is 1.32. The summed E-state index contributed by atoms with van der Waals surface area (Å²) in [6.45, 7) is 5.59. The molecule has 9 heteroatoms. The van der Waals surface area contributed by atoms with Crippen LogP contribution in [0.1, 0.15) is 25.3 Å². The van der Waals surface area contributed by atoms with Gasteiger partial charge in [0.05, 0.1) is 6.10 Å². The zero-order valence-electron chi connectivity index (χ0n) is 16.1. The van der Waals surface area contributed by atoms with Gasteiger partial charge in [-0.15, -0.1) is 24.8 Å². The van der Waals surface area contributed by atoms with Crippen LogP contribution in [0, 0.1) is 0 Å². The molecule has 0 spiro atoms. The first-order chi connectivity index (χ1) is 12.6. The van der Waals surface area contributed by atoms with Crippen LogP contribution in [-0.2, 0) is 20.9 Å². The third kappa shape index (κ3) is 5.98. The highest BCUT2D eigenvalue weighted by atomic mass is 35.5. The van der Waals surface area contributed by atoms with E-state index in [4.69, 9.17) is 10.5 Å². The summed E-state index contributed by atoms with van der Waals surface area (Å²) >= 11 is 0. The number of nitrogens with two attached hydrogens (primary N) is 1. The second kappa shape index (κ2) is 11.5. The Morgan fingerprint density at radius 1 is 1.14 bits per heavy atom. The van der Waals surface area contributed by atoms with Gasteiger partial charge in [0.25, 0.3) is 0 Å². The first-order valence-electron chi connectivity index (χ1n) is 9.30. The monoisotopic (exact) mass is 432 g/mol. The highest BCUT2D eigenvalue weighted by Crippen LogP contribution is 2.23. The van der Waals surface area contributed by atoms with Gasteiger partial charge in [-0.3, -0.25) is 9.59 Å². The lowest BCUT2D eigenvalue weighted by Crippen LogP contribution is -2.48. The summed E-state index contributed by atoms with van der Waals surface area (Å²) in [5, 5.41) is 3.00. The van der Waals surface area contributed by atoms with Gasteiger partial charge in [-0.2, -0.15) is 0 Å². The van der Waals surface area contributed by atoms with Crippen LogP contribution in [0.2, 0.25) is 0 Å². The maximum atomic E-state index is 12.4. The van der Waals surface area contributed by atoms with Gasteiger partial charge in [-0.1, -0.05) is 18.2 Å². The lowest BCUT2D eigenvalue weighted by Gasteiger charge is -2.36. The third-order valence-corrected chi connectivity index (χ3v) is 5.17. The maximum absolute atomic E-state index is 12.4. The molecule has 1 aromatic rings. The minimum absolute atomic E-state index is 0. The SMILES string of the molecule is CC(=O)N1CCN(c2ccccc2CNC(=O)[C@@H]2CC[C@H](CN)O2)CC1.Cl.Cl. The van der Waals surface area contributed by atoms with Crippen LogP contribution in [0.3, 0.4) is 0 Å². The summed E-state index contributed by atoms with van der Waals surface area (Å²) in [6.07, 6.45) is 1.17. The van der Waals surface area contributed by atoms with Gasteiger partial charge in [0.1, 0.15) is 6.10 Å². The topological polar surface area (TPSA) is 87.9 Å². The summed E-state index contributed by atoms with van der Waals surface area (Å²) < 4.78 is 5.66. The number of ether oxygens (including phenoxy) is 1. The van der Waals surface area contributed by atoms with Crippen molar-refractivity contribution in [2.24, 2.45) is 5.73 Å². The predicted molar refractivity (Wildman–Crippen MR) is 114 cm³/mol. The second-order valence-electron chi connectivity index (χ2n) is 6.90. The number of amides is 2. The molecule has 0 radical (unpaired) electrons. The lowest BCUT2D eigenvalue weighted by atomic mass is 10.1. The zero-order valence-corrected chi connectivity index (χ0v) is 17.8. The Hall–Kier alpha value is -1.54. The molecule has 0 bridgehead atoms. The van der Waals surface area contributed by atoms with E-state index in [9.17, 15) is 9.59 Å². The number of piperazine rings is 1. The molecule has 2 amide bonds. The lowest BCUT2D eigenvalue weighted by molar-refractivity contribution is -0.132. The number of carbonyl (C=O) groups is 2. The van der Waals surface area contributed by atoms with E-state index in [1.54, 1.807) is 6.92 Å². The molecule has 0 saturated carbocycles. The Kier molecular flexibility index (Phi) is 10.0. The van der Waals surface area contributed by atoms with Gasteiger partial charge < -0.3 is 25.6 Å². The standard InChI is InChI=1S/C19H28N4O3.2ClH/c1-14(24)22-8-10-23(11-9-22)17-5-3-2-4-15(17)13-21-19(25)18-7-6-16(12-20)26-18;;/h2-5,16,18H,6-13,20H2,1H3,(H,21,25);2*1H/t16-,18+;;/m1../s1. The number of nitrogens with zero attached hydrogens (tertiary/aromatic N) is 2. The van der Waals surface area contributed by atoms with Gasteiger partial charge in [-0.05, 0) is 24.5 Å². The van der Waals surface area contributed by atoms with Gasteiger partial charge >= 0.3 is 0 Å². The molecule has 3 rings (SSSR count). The van der Waals surface area contributed by atoms with Crippen molar-refractivity contribution in [1.29, 1.82) is 0 Å². The van der Waals surface area contributed by atoms with Crippen molar-refractivity contribution in [1.82, 2.24) is 10.2 Å². The van der Waals surface area contributed by atoms with E-state index in [1.165, 1.54) is 0 Å². The normalized spacial score (nSPS) is 21.5. The molecule has 2 atom stereocenters. The Bertz CT molecular complexity index is 654. The average molecular weight is 433 g/mol. The number of carbonyl (C=O) groups excluding carboxylic acids is 2. The highest BCUT2D eigenvalue weighted by molar-refractivity contribution is 5.85. The quantitative estimate of drug-likeness (QED) is 0.732. The van der Waals surface area contributed by atoms with Crippen LogP contribution >= 0.6 is 24.8 Å². The summed E-state index contributed by atoms with van der Waals surface area (Å²) in [5.41, 5.74) is 7.79. The van der Waals surface area contributed by atoms with E-state index in [0.29, 0.717) is 13.1 Å². The largest absolute Gasteiger partial charge is 0.368 e. The van der Waals surface area contributed by atoms with Crippen molar-refractivity contribution in [3.63, 3.8) is 0 Å². The number of hydrogen-bond donors (Lipinski definition) is 2. The van der Waals surface area contributed by atoms with E-state index >= 15 is 0 Å². The molecule has 7 nitrogen and oxygen atoms in total. The number of para-hydroxylation sites is 1. The molecular weight excluding hydrogens is 403 g/mol. The minimum atomic E-state index is -0.394. The molecule has 28 heavy (non-hydrogen) atoms. The number of benzene rings is 1. The van der Waals surface area contributed by atoms with Crippen LogP contribution in [0.4, 0.5) is 5.69 Å². The van der Waals surface area contributed by atoms with Crippen molar-refractivity contribution in [3.05, 3.63) is 29.8 Å². The van der Waals surface area contributed by atoms with Crippen LogP contribution < -0.4 is 16.0 Å². The molecule has 158 valence electrons. The van der Waals surface area contributed by atoms with Crippen LogP contribution in [0.5, 0.6) is 0 Å². The molecule has 3 N–H and O–H groups in total. The molecule has 0 unspecified atom stereocenters. The molecule has 0 aliphatic carbocycles. The minimum Gasteiger partial charge on any atom is -0.368 e. The van der Waals surface area contributed by atoms with Crippen molar-refractivity contribution in [3.8, 4) is 0 Å². The van der Waals surface area contributed by atoms with Crippen molar-refractivity contribution in [2.45, 2.75) is 38.5 Å². The zero-order chi connectivity index (χ0) is 18.5. The van der Waals surface area contributed by atoms with E-state index in [2.05, 4.69) is 16.3 Å². The number of anilines is 1. The van der Waals surface area contributed by atoms with E-state index in [0.717, 1.165) is 50.3 Å². The second-order valence-corrected chi connectivity index (χ2v) is 6.90. The molecule has 0 aromatic heterocycles. The fourth-order valence-corrected chi connectivity index (χ4v) is 3.60. The Morgan fingerprint density at radius 3 is 2.43 bits per heavy atom. The Labute approximate surface area is 178 Å². The number of rotatable bonds is 5. The van der Waals surface area contributed by atoms with E-state index in [-0.39, 0.29) is 42.7 Å². The Morgan fingerprint density at radius 2 is 1.82 bits per heavy atom. The van der Waals surface area contributed by atoms with Crippen LogP contribution in [-0.4, -0.2) is 61.6 Å². The van der Waals surface area contributed by atoms with Gasteiger partial charge in [0, 0.05) is 51.9 Å².